The lowest BCUT2D eigenvalue weighted by atomic mass is 9.68. The molecule has 5 heteroatoms. The minimum Gasteiger partial charge on any atom is -0.381 e. The van der Waals surface area contributed by atoms with E-state index in [0.717, 1.165) is 4.90 Å². The SMILES string of the molecule is CCC1(O)C(C)(O)N(C(C)O)C1(C)O. The van der Waals surface area contributed by atoms with Gasteiger partial charge in [0.2, 0.25) is 0 Å². The molecule has 0 aromatic rings. The molecule has 5 nitrogen and oxygen atoms in total. The lowest BCUT2D eigenvalue weighted by Gasteiger charge is -2.69. The summed E-state index contributed by atoms with van der Waals surface area (Å²) in [6.07, 6.45) is -0.817. The van der Waals surface area contributed by atoms with E-state index in [1.807, 2.05) is 0 Å². The predicted octanol–water partition coefficient (Wildman–Crippen LogP) is -0.802. The molecule has 0 radical (unpaired) electrons. The molecule has 1 rings (SSSR count). The van der Waals surface area contributed by atoms with Crippen LogP contribution in [0.2, 0.25) is 0 Å². The first-order valence-electron chi connectivity index (χ1n) is 4.77. The fourth-order valence-electron chi connectivity index (χ4n) is 2.62. The minimum absolute atomic E-state index is 0.205. The second-order valence-electron chi connectivity index (χ2n) is 4.26. The maximum absolute atomic E-state index is 10.0. The molecule has 84 valence electrons. The van der Waals surface area contributed by atoms with Gasteiger partial charge in [-0.2, -0.15) is 0 Å². The second-order valence-corrected chi connectivity index (χ2v) is 4.26. The molecule has 3 unspecified atom stereocenters. The molecule has 0 aromatic heterocycles. The zero-order chi connectivity index (χ0) is 11.4. The highest BCUT2D eigenvalue weighted by atomic mass is 16.5. The second kappa shape index (κ2) is 2.90. The fraction of sp³-hybridized carbons (Fsp3) is 1.00. The van der Waals surface area contributed by atoms with Crippen LogP contribution in [0.1, 0.15) is 34.1 Å². The predicted molar refractivity (Wildman–Crippen MR) is 50.0 cm³/mol. The molecule has 1 saturated heterocycles. The lowest BCUT2D eigenvalue weighted by Crippen LogP contribution is -2.90. The third-order valence-corrected chi connectivity index (χ3v) is 3.39. The van der Waals surface area contributed by atoms with Gasteiger partial charge in [-0.1, -0.05) is 6.92 Å². The van der Waals surface area contributed by atoms with Crippen molar-refractivity contribution in [2.45, 2.75) is 57.4 Å². The lowest BCUT2D eigenvalue weighted by molar-refractivity contribution is -0.461. The van der Waals surface area contributed by atoms with Gasteiger partial charge in [-0.25, -0.2) is 4.90 Å². The monoisotopic (exact) mass is 205 g/mol. The number of aliphatic hydroxyl groups excluding tert-OH is 1. The van der Waals surface area contributed by atoms with Crippen molar-refractivity contribution >= 4 is 0 Å². The maximum atomic E-state index is 10.0. The van der Waals surface area contributed by atoms with Gasteiger partial charge in [0.25, 0.3) is 0 Å². The third kappa shape index (κ3) is 1.02. The van der Waals surface area contributed by atoms with E-state index >= 15 is 0 Å². The summed E-state index contributed by atoms with van der Waals surface area (Å²) in [5.41, 5.74) is -4.84. The summed E-state index contributed by atoms with van der Waals surface area (Å²) in [5.74, 6) is 0. The number of likely N-dealkylation sites (tertiary alicyclic amines) is 1. The molecule has 0 aliphatic carbocycles. The maximum Gasteiger partial charge on any atom is 0.153 e. The highest BCUT2D eigenvalue weighted by molar-refractivity contribution is 5.18. The normalized spacial score (nSPS) is 51.4. The van der Waals surface area contributed by atoms with Crippen LogP contribution < -0.4 is 0 Å². The van der Waals surface area contributed by atoms with Crippen LogP contribution in [0.3, 0.4) is 0 Å². The van der Waals surface area contributed by atoms with Gasteiger partial charge in [-0.15, -0.1) is 0 Å². The third-order valence-electron chi connectivity index (χ3n) is 3.39. The fourth-order valence-corrected chi connectivity index (χ4v) is 2.62. The van der Waals surface area contributed by atoms with E-state index in [2.05, 4.69) is 0 Å². The molecule has 0 saturated carbocycles. The Balaban J connectivity index is 3.07. The first kappa shape index (κ1) is 11.9. The quantitative estimate of drug-likeness (QED) is 0.474. The van der Waals surface area contributed by atoms with Gasteiger partial charge in [0.15, 0.2) is 11.4 Å². The van der Waals surface area contributed by atoms with E-state index < -0.39 is 23.3 Å². The van der Waals surface area contributed by atoms with Crippen molar-refractivity contribution in [2.24, 2.45) is 0 Å². The summed E-state index contributed by atoms with van der Waals surface area (Å²) in [4.78, 5) is 1.07. The Morgan fingerprint density at radius 1 is 1.14 bits per heavy atom. The average molecular weight is 205 g/mol. The summed E-state index contributed by atoms with van der Waals surface area (Å²) >= 11 is 0. The van der Waals surface area contributed by atoms with Crippen LogP contribution in [-0.4, -0.2) is 48.6 Å². The molecule has 0 aromatic carbocycles. The van der Waals surface area contributed by atoms with Crippen LogP contribution in [0.25, 0.3) is 0 Å². The molecule has 1 aliphatic rings. The van der Waals surface area contributed by atoms with E-state index in [0.29, 0.717) is 0 Å². The largest absolute Gasteiger partial charge is 0.381 e. The summed E-state index contributed by atoms with van der Waals surface area (Å²) in [6.45, 7) is 5.85. The van der Waals surface area contributed by atoms with Gasteiger partial charge in [0.1, 0.15) is 11.8 Å². The zero-order valence-electron chi connectivity index (χ0n) is 9.02. The van der Waals surface area contributed by atoms with Gasteiger partial charge in [0, 0.05) is 0 Å². The highest BCUT2D eigenvalue weighted by Gasteiger charge is 2.74. The van der Waals surface area contributed by atoms with Gasteiger partial charge < -0.3 is 20.4 Å². The first-order valence-corrected chi connectivity index (χ1v) is 4.77. The number of nitrogens with zero attached hydrogens (tertiary/aromatic N) is 1. The van der Waals surface area contributed by atoms with Crippen molar-refractivity contribution in [1.82, 2.24) is 4.90 Å². The molecule has 1 heterocycles. The van der Waals surface area contributed by atoms with E-state index in [9.17, 15) is 20.4 Å². The standard InChI is InChI=1S/C9H19NO4/c1-5-9(14)7(3,12)10(6(2)11)8(9,4)13/h6,11-14H,5H2,1-4H3. The Bertz CT molecular complexity index is 221. The number of aliphatic hydroxyl groups is 4. The van der Waals surface area contributed by atoms with Gasteiger partial charge >= 0.3 is 0 Å². The molecule has 3 atom stereocenters. The van der Waals surface area contributed by atoms with Crippen LogP contribution in [0.5, 0.6) is 0 Å². The zero-order valence-corrected chi connectivity index (χ0v) is 9.02. The van der Waals surface area contributed by atoms with Crippen molar-refractivity contribution in [3.63, 3.8) is 0 Å². The molecular formula is C9H19NO4. The van der Waals surface area contributed by atoms with Gasteiger partial charge in [0.05, 0.1) is 0 Å². The number of hydrogen-bond donors (Lipinski definition) is 4. The topological polar surface area (TPSA) is 84.2 Å². The Hall–Kier alpha value is -0.200. The molecule has 0 spiro atoms. The Morgan fingerprint density at radius 3 is 1.71 bits per heavy atom. The van der Waals surface area contributed by atoms with Gasteiger partial charge in [-0.3, -0.25) is 0 Å². The van der Waals surface area contributed by atoms with Crippen LogP contribution in [-0.2, 0) is 0 Å². The molecule has 0 bridgehead atoms. The van der Waals surface area contributed by atoms with E-state index in [1.165, 1.54) is 20.8 Å². The Morgan fingerprint density at radius 2 is 1.50 bits per heavy atom. The summed E-state index contributed by atoms with van der Waals surface area (Å²) < 4.78 is 0. The van der Waals surface area contributed by atoms with Crippen molar-refractivity contribution in [2.75, 3.05) is 0 Å². The molecular weight excluding hydrogens is 186 g/mol. The molecule has 14 heavy (non-hydrogen) atoms. The number of rotatable bonds is 2. The van der Waals surface area contributed by atoms with Crippen molar-refractivity contribution in [1.29, 1.82) is 0 Å². The van der Waals surface area contributed by atoms with Gasteiger partial charge in [-0.05, 0) is 27.2 Å². The van der Waals surface area contributed by atoms with Crippen LogP contribution >= 0.6 is 0 Å². The minimum atomic E-state index is -1.61. The van der Waals surface area contributed by atoms with Crippen LogP contribution in [0, 0.1) is 0 Å². The Kier molecular flexibility index (Phi) is 2.46. The van der Waals surface area contributed by atoms with Crippen LogP contribution in [0.15, 0.2) is 0 Å². The van der Waals surface area contributed by atoms with E-state index in [-0.39, 0.29) is 6.42 Å². The van der Waals surface area contributed by atoms with Crippen molar-refractivity contribution in [3.8, 4) is 0 Å². The first-order chi connectivity index (χ1) is 6.13. The average Bonchev–Trinajstić information content (AvgIpc) is 1.99. The smallest absolute Gasteiger partial charge is 0.153 e. The Labute approximate surface area is 83.6 Å². The number of hydrogen-bond acceptors (Lipinski definition) is 5. The van der Waals surface area contributed by atoms with Crippen LogP contribution in [0.4, 0.5) is 0 Å². The molecule has 1 aliphatic heterocycles. The van der Waals surface area contributed by atoms with Crippen molar-refractivity contribution < 1.29 is 20.4 Å². The molecule has 4 N–H and O–H groups in total. The molecule has 1 fully saturated rings. The summed E-state index contributed by atoms with van der Waals surface area (Å²) in [6, 6.07) is 0. The van der Waals surface area contributed by atoms with E-state index in [4.69, 9.17) is 0 Å². The highest BCUT2D eigenvalue weighted by Crippen LogP contribution is 2.52. The summed E-state index contributed by atoms with van der Waals surface area (Å²) in [5, 5.41) is 39.3. The summed E-state index contributed by atoms with van der Waals surface area (Å²) in [7, 11) is 0. The van der Waals surface area contributed by atoms with E-state index in [1.54, 1.807) is 6.92 Å². The van der Waals surface area contributed by atoms with Crippen molar-refractivity contribution in [3.05, 3.63) is 0 Å². The molecule has 0 amide bonds.